The van der Waals surface area contributed by atoms with Gasteiger partial charge >= 0.3 is 0 Å². The standard InChI is InChI=1S/C53H33N3S/c1-53(2)42-20-10-7-19-38(42)48-39-29-40-34-15-8-11-21-44(34)56(45(40)28-30(39)23-25-43(48)53)52-54-50(31-24-26-47-41(27-31)35-16-9-12-22-46(35)57-47)49-36-17-5-3-13-32(36)33-14-4-6-18-37(33)51(49)55-52/h3-29H,1-2H3. The predicted molar refractivity (Wildman–Crippen MR) is 242 cm³/mol. The Morgan fingerprint density at radius 3 is 2.02 bits per heavy atom. The highest BCUT2D eigenvalue weighted by atomic mass is 32.1. The van der Waals surface area contributed by atoms with Crippen molar-refractivity contribution in [2.24, 2.45) is 0 Å². The van der Waals surface area contributed by atoms with Crippen LogP contribution in [0.3, 0.4) is 0 Å². The summed E-state index contributed by atoms with van der Waals surface area (Å²) in [7, 11) is 0. The summed E-state index contributed by atoms with van der Waals surface area (Å²) in [5, 5.41) is 13.2. The summed E-state index contributed by atoms with van der Waals surface area (Å²) < 4.78 is 4.88. The average molecular weight is 744 g/mol. The molecule has 0 unspecified atom stereocenters. The zero-order valence-corrected chi connectivity index (χ0v) is 32.2. The highest BCUT2D eigenvalue weighted by Crippen LogP contribution is 2.52. The van der Waals surface area contributed by atoms with Gasteiger partial charge < -0.3 is 0 Å². The molecule has 0 bridgehead atoms. The lowest BCUT2D eigenvalue weighted by molar-refractivity contribution is 0.661. The highest BCUT2D eigenvalue weighted by molar-refractivity contribution is 7.25. The van der Waals surface area contributed by atoms with E-state index in [1.165, 1.54) is 74.7 Å². The first kappa shape index (κ1) is 31.3. The molecule has 0 fully saturated rings. The number of hydrogen-bond donors (Lipinski definition) is 0. The Balaban J connectivity index is 1.17. The Hall–Kier alpha value is -6.88. The number of para-hydroxylation sites is 1. The summed E-state index contributed by atoms with van der Waals surface area (Å²) in [5.74, 6) is 0.673. The van der Waals surface area contributed by atoms with Gasteiger partial charge in [0.25, 0.3) is 0 Å². The van der Waals surface area contributed by atoms with Crippen LogP contribution in [0.15, 0.2) is 164 Å². The molecule has 0 atom stereocenters. The largest absolute Gasteiger partial charge is 0.278 e. The predicted octanol–water partition coefficient (Wildman–Crippen LogP) is 14.5. The number of thiophene rings is 1. The summed E-state index contributed by atoms with van der Waals surface area (Å²) in [6, 6.07) is 60.2. The van der Waals surface area contributed by atoms with Gasteiger partial charge in [-0.2, -0.15) is 0 Å². The van der Waals surface area contributed by atoms with E-state index >= 15 is 0 Å². The van der Waals surface area contributed by atoms with Crippen molar-refractivity contribution in [3.63, 3.8) is 0 Å². The van der Waals surface area contributed by atoms with Crippen LogP contribution in [0.2, 0.25) is 0 Å². The zero-order valence-electron chi connectivity index (χ0n) is 31.3. The van der Waals surface area contributed by atoms with E-state index in [1.54, 1.807) is 0 Å². The maximum atomic E-state index is 5.68. The Kier molecular flexibility index (Phi) is 6.12. The molecule has 9 aromatic carbocycles. The molecule has 13 rings (SSSR count). The van der Waals surface area contributed by atoms with Crippen molar-refractivity contribution >= 4 is 96.5 Å². The smallest absolute Gasteiger partial charge is 0.235 e. The lowest BCUT2D eigenvalue weighted by atomic mass is 9.82. The average Bonchev–Trinajstić information content (AvgIpc) is 3.87. The first-order valence-corrected chi connectivity index (χ1v) is 20.5. The van der Waals surface area contributed by atoms with Crippen molar-refractivity contribution in [3.8, 4) is 28.3 Å². The number of aromatic nitrogens is 3. The Bertz CT molecular complexity index is 3730. The van der Waals surface area contributed by atoms with E-state index in [0.717, 1.165) is 44.0 Å². The van der Waals surface area contributed by atoms with Crippen molar-refractivity contribution in [1.82, 2.24) is 14.5 Å². The van der Waals surface area contributed by atoms with Crippen LogP contribution < -0.4 is 0 Å². The van der Waals surface area contributed by atoms with E-state index in [9.17, 15) is 0 Å². The minimum atomic E-state index is -0.0658. The van der Waals surface area contributed by atoms with Crippen LogP contribution in [0.5, 0.6) is 0 Å². The fraction of sp³-hybridized carbons (Fsp3) is 0.0566. The van der Waals surface area contributed by atoms with Crippen molar-refractivity contribution < 1.29 is 0 Å². The van der Waals surface area contributed by atoms with Gasteiger partial charge in [0.15, 0.2) is 0 Å². The van der Waals surface area contributed by atoms with E-state index in [2.05, 4.69) is 182 Å². The molecule has 57 heavy (non-hydrogen) atoms. The molecule has 3 heterocycles. The molecule has 0 amide bonds. The van der Waals surface area contributed by atoms with Crippen LogP contribution in [-0.4, -0.2) is 14.5 Å². The second kappa shape index (κ2) is 11.1. The van der Waals surface area contributed by atoms with Gasteiger partial charge in [-0.1, -0.05) is 141 Å². The second-order valence-electron chi connectivity index (χ2n) is 16.1. The van der Waals surface area contributed by atoms with Gasteiger partial charge in [-0.15, -0.1) is 11.3 Å². The number of fused-ring (bicyclic) bond motifs is 17. The second-order valence-corrected chi connectivity index (χ2v) is 17.2. The van der Waals surface area contributed by atoms with Gasteiger partial charge in [-0.05, 0) is 85.6 Å². The van der Waals surface area contributed by atoms with Gasteiger partial charge in [-0.25, -0.2) is 9.97 Å². The third-order valence-corrected chi connectivity index (χ3v) is 13.9. The minimum Gasteiger partial charge on any atom is -0.278 e. The van der Waals surface area contributed by atoms with Gasteiger partial charge in [0.1, 0.15) is 0 Å². The SMILES string of the molecule is CC1(C)c2ccccc2-c2c1ccc1cc3c(cc21)c1ccccc1n3-c1nc(-c2ccc3sc4ccccc4c3c2)c2c3ccccc3c3ccccc3c2n1. The number of benzene rings is 9. The molecule has 12 aromatic rings. The molecular formula is C53H33N3S. The number of hydrogen-bond acceptors (Lipinski definition) is 3. The molecule has 1 aliphatic rings. The summed E-state index contributed by atoms with van der Waals surface area (Å²) in [6.45, 7) is 4.71. The van der Waals surface area contributed by atoms with Gasteiger partial charge in [0.2, 0.25) is 5.95 Å². The molecule has 1 aliphatic carbocycles. The Labute approximate surface area is 332 Å². The Morgan fingerprint density at radius 2 is 1.16 bits per heavy atom. The fourth-order valence-electron chi connectivity index (χ4n) is 10.1. The monoisotopic (exact) mass is 743 g/mol. The molecule has 266 valence electrons. The molecule has 0 N–H and O–H groups in total. The lowest BCUT2D eigenvalue weighted by Crippen LogP contribution is -2.14. The van der Waals surface area contributed by atoms with Crippen LogP contribution in [-0.2, 0) is 5.41 Å². The summed E-state index contributed by atoms with van der Waals surface area (Å²) in [6.07, 6.45) is 0. The summed E-state index contributed by atoms with van der Waals surface area (Å²) in [4.78, 5) is 11.3. The van der Waals surface area contributed by atoms with Gasteiger partial charge in [0, 0.05) is 52.7 Å². The molecule has 0 saturated heterocycles. The molecule has 3 nitrogen and oxygen atoms in total. The first-order chi connectivity index (χ1) is 28.0. The first-order valence-electron chi connectivity index (χ1n) is 19.7. The quantitative estimate of drug-likeness (QED) is 0.165. The van der Waals surface area contributed by atoms with Crippen LogP contribution in [0, 0.1) is 0 Å². The molecule has 4 heteroatoms. The normalized spacial score (nSPS) is 13.6. The molecular weight excluding hydrogens is 711 g/mol. The lowest BCUT2D eigenvalue weighted by Gasteiger charge is -2.21. The van der Waals surface area contributed by atoms with E-state index in [4.69, 9.17) is 9.97 Å². The molecule has 0 spiro atoms. The van der Waals surface area contributed by atoms with E-state index in [1.807, 2.05) is 11.3 Å². The number of nitrogens with zero attached hydrogens (tertiary/aromatic N) is 3. The maximum absolute atomic E-state index is 5.68. The highest BCUT2D eigenvalue weighted by Gasteiger charge is 2.36. The van der Waals surface area contributed by atoms with Gasteiger partial charge in [-0.3, -0.25) is 4.57 Å². The minimum absolute atomic E-state index is 0.0658. The van der Waals surface area contributed by atoms with E-state index in [0.29, 0.717) is 5.95 Å². The number of rotatable bonds is 2. The fourth-order valence-corrected chi connectivity index (χ4v) is 11.2. The third-order valence-electron chi connectivity index (χ3n) is 12.8. The third kappa shape index (κ3) is 4.15. The topological polar surface area (TPSA) is 30.7 Å². The maximum Gasteiger partial charge on any atom is 0.235 e. The van der Waals surface area contributed by atoms with Crippen molar-refractivity contribution in [2.45, 2.75) is 19.3 Å². The van der Waals surface area contributed by atoms with Crippen molar-refractivity contribution in [1.29, 1.82) is 0 Å². The summed E-state index contributed by atoms with van der Waals surface area (Å²) in [5.41, 5.74) is 10.6. The molecule has 0 aliphatic heterocycles. The summed E-state index contributed by atoms with van der Waals surface area (Å²) >= 11 is 1.84. The molecule has 0 saturated carbocycles. The van der Waals surface area contributed by atoms with Crippen molar-refractivity contribution in [2.75, 3.05) is 0 Å². The molecule has 0 radical (unpaired) electrons. The van der Waals surface area contributed by atoms with Crippen LogP contribution >= 0.6 is 11.3 Å². The van der Waals surface area contributed by atoms with Crippen molar-refractivity contribution in [3.05, 3.63) is 175 Å². The van der Waals surface area contributed by atoms with E-state index < -0.39 is 0 Å². The van der Waals surface area contributed by atoms with Crippen LogP contribution in [0.4, 0.5) is 0 Å². The van der Waals surface area contributed by atoms with E-state index in [-0.39, 0.29) is 5.41 Å². The Morgan fingerprint density at radius 1 is 0.474 bits per heavy atom. The van der Waals surface area contributed by atoms with Gasteiger partial charge in [0.05, 0.1) is 22.2 Å². The molecule has 3 aromatic heterocycles. The zero-order chi connectivity index (χ0) is 37.6. The van der Waals surface area contributed by atoms with Crippen LogP contribution in [0.1, 0.15) is 25.0 Å². The van der Waals surface area contributed by atoms with Crippen LogP contribution in [0.25, 0.3) is 114 Å².